The van der Waals surface area contributed by atoms with Gasteiger partial charge >= 0.3 is 5.97 Å². The number of amides is 1. The zero-order chi connectivity index (χ0) is 17.7. The van der Waals surface area contributed by atoms with E-state index in [1.54, 1.807) is 57.2 Å². The fourth-order valence-corrected chi connectivity index (χ4v) is 2.09. The summed E-state index contributed by atoms with van der Waals surface area (Å²) in [6, 6.07) is 15.9. The molecule has 0 saturated heterocycles. The van der Waals surface area contributed by atoms with Gasteiger partial charge in [-0.15, -0.1) is 0 Å². The highest BCUT2D eigenvalue weighted by atomic mass is 16.5. The average Bonchev–Trinajstić information content (AvgIpc) is 2.56. The normalized spacial score (nSPS) is 12.3. The van der Waals surface area contributed by atoms with Crippen molar-refractivity contribution in [2.45, 2.75) is 32.3 Å². The minimum Gasteiger partial charge on any atom is -0.481 e. The highest BCUT2D eigenvalue weighted by molar-refractivity contribution is 5.94. The van der Waals surface area contributed by atoms with Gasteiger partial charge in [0.25, 0.3) is 5.91 Å². The van der Waals surface area contributed by atoms with Crippen LogP contribution in [0.4, 0.5) is 5.69 Å². The van der Waals surface area contributed by atoms with Crippen LogP contribution in [0.15, 0.2) is 54.6 Å². The Kier molecular flexibility index (Phi) is 5.24. The second kappa shape index (κ2) is 7.17. The van der Waals surface area contributed by atoms with E-state index in [0.717, 1.165) is 0 Å². The van der Waals surface area contributed by atoms with Crippen LogP contribution in [-0.2, 0) is 15.0 Å². The number of rotatable bonds is 6. The largest absolute Gasteiger partial charge is 0.481 e. The van der Waals surface area contributed by atoms with Gasteiger partial charge in [-0.3, -0.25) is 9.59 Å². The van der Waals surface area contributed by atoms with E-state index in [1.165, 1.54) is 0 Å². The van der Waals surface area contributed by atoms with Gasteiger partial charge < -0.3 is 15.2 Å². The predicted molar refractivity (Wildman–Crippen MR) is 92.3 cm³/mol. The first-order chi connectivity index (χ1) is 11.3. The Morgan fingerprint density at radius 3 is 2.17 bits per heavy atom. The van der Waals surface area contributed by atoms with Gasteiger partial charge in [0.2, 0.25) is 0 Å². The SMILES string of the molecule is CC(Oc1ccccc1)C(=O)Nc1ccc(C(C)(C)C(=O)O)cc1. The van der Waals surface area contributed by atoms with E-state index in [4.69, 9.17) is 4.74 Å². The molecule has 2 rings (SSSR count). The fraction of sp³-hybridized carbons (Fsp3) is 0.263. The maximum Gasteiger partial charge on any atom is 0.313 e. The van der Waals surface area contributed by atoms with Gasteiger partial charge in [0.05, 0.1) is 5.41 Å². The van der Waals surface area contributed by atoms with E-state index >= 15 is 0 Å². The minimum absolute atomic E-state index is 0.274. The molecule has 0 spiro atoms. The monoisotopic (exact) mass is 327 g/mol. The summed E-state index contributed by atoms with van der Waals surface area (Å²) in [7, 11) is 0. The van der Waals surface area contributed by atoms with Crippen molar-refractivity contribution >= 4 is 17.6 Å². The van der Waals surface area contributed by atoms with Crippen molar-refractivity contribution in [3.8, 4) is 5.75 Å². The number of carbonyl (C=O) groups excluding carboxylic acids is 1. The van der Waals surface area contributed by atoms with Crippen LogP contribution in [0.2, 0.25) is 0 Å². The Balaban J connectivity index is 2.00. The Morgan fingerprint density at radius 2 is 1.62 bits per heavy atom. The zero-order valence-corrected chi connectivity index (χ0v) is 13.9. The number of carboxylic acids is 1. The van der Waals surface area contributed by atoms with Crippen LogP contribution in [0.1, 0.15) is 26.3 Å². The molecule has 2 aromatic carbocycles. The lowest BCUT2D eigenvalue weighted by atomic mass is 9.85. The lowest BCUT2D eigenvalue weighted by Crippen LogP contribution is -2.30. The zero-order valence-electron chi connectivity index (χ0n) is 13.9. The average molecular weight is 327 g/mol. The molecule has 1 atom stereocenters. The third kappa shape index (κ3) is 4.13. The molecule has 0 aliphatic heterocycles. The number of benzene rings is 2. The molecule has 0 fully saturated rings. The van der Waals surface area contributed by atoms with Crippen LogP contribution in [0.25, 0.3) is 0 Å². The molecule has 2 N–H and O–H groups in total. The Labute approximate surface area is 141 Å². The van der Waals surface area contributed by atoms with Crippen molar-refractivity contribution in [1.29, 1.82) is 0 Å². The Hall–Kier alpha value is -2.82. The van der Waals surface area contributed by atoms with E-state index < -0.39 is 17.5 Å². The van der Waals surface area contributed by atoms with E-state index in [9.17, 15) is 14.7 Å². The first-order valence-corrected chi connectivity index (χ1v) is 7.67. The fourth-order valence-electron chi connectivity index (χ4n) is 2.09. The first-order valence-electron chi connectivity index (χ1n) is 7.67. The van der Waals surface area contributed by atoms with Crippen LogP contribution in [0.5, 0.6) is 5.75 Å². The lowest BCUT2D eigenvalue weighted by Gasteiger charge is -2.20. The van der Waals surface area contributed by atoms with Crippen molar-refractivity contribution in [3.63, 3.8) is 0 Å². The van der Waals surface area contributed by atoms with Gasteiger partial charge in [0.1, 0.15) is 5.75 Å². The van der Waals surface area contributed by atoms with Crippen LogP contribution in [0.3, 0.4) is 0 Å². The summed E-state index contributed by atoms with van der Waals surface area (Å²) in [5.74, 6) is -0.549. The van der Waals surface area contributed by atoms with Gasteiger partial charge in [-0.2, -0.15) is 0 Å². The molecule has 24 heavy (non-hydrogen) atoms. The van der Waals surface area contributed by atoms with Crippen molar-refractivity contribution in [1.82, 2.24) is 0 Å². The number of hydrogen-bond acceptors (Lipinski definition) is 3. The molecule has 0 heterocycles. The van der Waals surface area contributed by atoms with Crippen molar-refractivity contribution in [3.05, 3.63) is 60.2 Å². The smallest absolute Gasteiger partial charge is 0.313 e. The third-order valence-corrected chi connectivity index (χ3v) is 3.83. The number of ether oxygens (including phenoxy) is 1. The number of carbonyl (C=O) groups is 2. The first kappa shape index (κ1) is 17.5. The summed E-state index contributed by atoms with van der Waals surface area (Å²) < 4.78 is 5.57. The van der Waals surface area contributed by atoms with Crippen molar-refractivity contribution in [2.75, 3.05) is 5.32 Å². The van der Waals surface area contributed by atoms with Crippen molar-refractivity contribution in [2.24, 2.45) is 0 Å². The van der Waals surface area contributed by atoms with E-state index in [1.807, 2.05) is 18.2 Å². The van der Waals surface area contributed by atoms with Gasteiger partial charge in [0.15, 0.2) is 6.10 Å². The number of carboxylic acid groups (broad SMARTS) is 1. The summed E-state index contributed by atoms with van der Waals surface area (Å²) in [4.78, 5) is 23.4. The van der Waals surface area contributed by atoms with Gasteiger partial charge in [0, 0.05) is 5.69 Å². The molecule has 0 bridgehead atoms. The molecular formula is C19H21NO4. The second-order valence-electron chi connectivity index (χ2n) is 6.07. The highest BCUT2D eigenvalue weighted by Crippen LogP contribution is 2.25. The second-order valence-corrected chi connectivity index (χ2v) is 6.07. The molecule has 5 nitrogen and oxygen atoms in total. The molecule has 1 unspecified atom stereocenters. The van der Waals surface area contributed by atoms with Gasteiger partial charge in [-0.05, 0) is 50.6 Å². The molecule has 2 aromatic rings. The van der Waals surface area contributed by atoms with Crippen LogP contribution >= 0.6 is 0 Å². The van der Waals surface area contributed by atoms with Crippen LogP contribution in [-0.4, -0.2) is 23.1 Å². The summed E-state index contributed by atoms with van der Waals surface area (Å²) in [6.45, 7) is 4.95. The summed E-state index contributed by atoms with van der Waals surface area (Å²) in [6.07, 6.45) is -0.650. The van der Waals surface area contributed by atoms with Crippen LogP contribution < -0.4 is 10.1 Å². The van der Waals surface area contributed by atoms with Crippen molar-refractivity contribution < 1.29 is 19.4 Å². The van der Waals surface area contributed by atoms with E-state index in [-0.39, 0.29) is 5.91 Å². The lowest BCUT2D eigenvalue weighted by molar-refractivity contribution is -0.142. The molecule has 0 aliphatic rings. The minimum atomic E-state index is -0.980. The molecule has 0 aromatic heterocycles. The molecule has 0 radical (unpaired) electrons. The van der Waals surface area contributed by atoms with Crippen LogP contribution in [0, 0.1) is 0 Å². The predicted octanol–water partition coefficient (Wildman–Crippen LogP) is 3.45. The third-order valence-electron chi connectivity index (χ3n) is 3.83. The summed E-state index contributed by atoms with van der Waals surface area (Å²) >= 11 is 0. The van der Waals surface area contributed by atoms with Gasteiger partial charge in [-0.25, -0.2) is 0 Å². The Morgan fingerprint density at radius 1 is 1.04 bits per heavy atom. The topological polar surface area (TPSA) is 75.6 Å². The highest BCUT2D eigenvalue weighted by Gasteiger charge is 2.29. The number of nitrogens with one attached hydrogen (secondary N) is 1. The molecular weight excluding hydrogens is 306 g/mol. The van der Waals surface area contributed by atoms with E-state index in [0.29, 0.717) is 17.0 Å². The maximum atomic E-state index is 12.2. The number of anilines is 1. The molecule has 5 heteroatoms. The molecule has 0 saturated carbocycles. The quantitative estimate of drug-likeness (QED) is 0.852. The maximum absolute atomic E-state index is 12.2. The van der Waals surface area contributed by atoms with Gasteiger partial charge in [-0.1, -0.05) is 30.3 Å². The molecule has 1 amide bonds. The standard InChI is InChI=1S/C19H21NO4/c1-13(24-16-7-5-4-6-8-16)17(21)20-15-11-9-14(10-12-15)19(2,3)18(22)23/h4-13H,1-3H3,(H,20,21)(H,22,23). The summed E-state index contributed by atoms with van der Waals surface area (Å²) in [5.41, 5.74) is 0.279. The number of aliphatic carboxylic acids is 1. The molecule has 126 valence electrons. The number of para-hydroxylation sites is 1. The molecule has 0 aliphatic carbocycles. The Bertz CT molecular complexity index is 708. The summed E-state index contributed by atoms with van der Waals surface area (Å²) in [5, 5.41) is 12.0. The van der Waals surface area contributed by atoms with E-state index in [2.05, 4.69) is 5.32 Å². The number of hydrogen-bond donors (Lipinski definition) is 2.